The van der Waals surface area contributed by atoms with E-state index in [-0.39, 0.29) is 11.4 Å². The molecule has 3 rings (SSSR count). The molecule has 0 aromatic carbocycles. The summed E-state index contributed by atoms with van der Waals surface area (Å²) >= 11 is 0. The van der Waals surface area contributed by atoms with E-state index in [1.807, 2.05) is 33.8 Å². The summed E-state index contributed by atoms with van der Waals surface area (Å²) in [5, 5.41) is 7.31. The molecule has 0 saturated heterocycles. The Kier molecular flexibility index (Phi) is 3.20. The van der Waals surface area contributed by atoms with Gasteiger partial charge in [0.1, 0.15) is 11.5 Å². The molecular weight excluding hydrogens is 280 g/mol. The SMILES string of the molecule is Cc1cc(NC(=O)c2cn3cccnc3n2)n(C(C)(C)C)n1. The van der Waals surface area contributed by atoms with Gasteiger partial charge in [0.05, 0.1) is 11.2 Å². The number of carbonyl (C=O) groups is 1. The van der Waals surface area contributed by atoms with Crippen LogP contribution in [0.5, 0.6) is 0 Å². The average Bonchev–Trinajstić information content (AvgIpc) is 3.01. The van der Waals surface area contributed by atoms with E-state index < -0.39 is 0 Å². The van der Waals surface area contributed by atoms with Gasteiger partial charge in [-0.05, 0) is 33.8 Å². The highest BCUT2D eigenvalue weighted by atomic mass is 16.2. The molecule has 1 amide bonds. The first-order valence-corrected chi connectivity index (χ1v) is 7.03. The maximum Gasteiger partial charge on any atom is 0.277 e. The van der Waals surface area contributed by atoms with Crippen LogP contribution in [0, 0.1) is 6.92 Å². The van der Waals surface area contributed by atoms with Gasteiger partial charge < -0.3 is 5.32 Å². The standard InChI is InChI=1S/C15H18N6O/c1-10-8-12(21(19-10)15(2,3)4)18-13(22)11-9-20-7-5-6-16-14(20)17-11/h5-9H,1-4H3,(H,18,22). The lowest BCUT2D eigenvalue weighted by atomic mass is 10.1. The highest BCUT2D eigenvalue weighted by molar-refractivity contribution is 6.02. The molecule has 22 heavy (non-hydrogen) atoms. The van der Waals surface area contributed by atoms with Gasteiger partial charge in [-0.2, -0.15) is 5.10 Å². The smallest absolute Gasteiger partial charge is 0.277 e. The van der Waals surface area contributed by atoms with Crippen LogP contribution in [0.1, 0.15) is 37.0 Å². The van der Waals surface area contributed by atoms with Gasteiger partial charge in [0, 0.05) is 24.7 Å². The molecule has 0 spiro atoms. The number of nitrogens with zero attached hydrogens (tertiary/aromatic N) is 5. The van der Waals surface area contributed by atoms with E-state index in [1.165, 1.54) is 0 Å². The molecule has 3 aromatic rings. The molecule has 0 bridgehead atoms. The van der Waals surface area contributed by atoms with Crippen molar-refractivity contribution in [2.45, 2.75) is 33.2 Å². The van der Waals surface area contributed by atoms with Crippen molar-refractivity contribution < 1.29 is 4.79 Å². The predicted octanol–water partition coefficient (Wildman–Crippen LogP) is 2.24. The monoisotopic (exact) mass is 298 g/mol. The maximum atomic E-state index is 12.4. The molecule has 0 fully saturated rings. The predicted molar refractivity (Wildman–Crippen MR) is 82.9 cm³/mol. The molecule has 114 valence electrons. The van der Waals surface area contributed by atoms with Gasteiger partial charge in [-0.25, -0.2) is 14.6 Å². The Morgan fingerprint density at radius 2 is 2.09 bits per heavy atom. The summed E-state index contributed by atoms with van der Waals surface area (Å²) in [6.45, 7) is 7.99. The molecule has 0 aliphatic heterocycles. The van der Waals surface area contributed by atoms with Crippen LogP contribution in [0.3, 0.4) is 0 Å². The van der Waals surface area contributed by atoms with Crippen LogP contribution in [0.25, 0.3) is 5.78 Å². The minimum atomic E-state index is -0.282. The lowest BCUT2D eigenvalue weighted by molar-refractivity contribution is 0.102. The van der Waals surface area contributed by atoms with Crippen LogP contribution in [-0.4, -0.2) is 30.1 Å². The van der Waals surface area contributed by atoms with Crippen LogP contribution in [0.15, 0.2) is 30.7 Å². The van der Waals surface area contributed by atoms with Crippen molar-refractivity contribution in [1.29, 1.82) is 0 Å². The van der Waals surface area contributed by atoms with E-state index in [0.717, 1.165) is 5.69 Å². The first-order valence-electron chi connectivity index (χ1n) is 7.03. The number of fused-ring (bicyclic) bond motifs is 1. The van der Waals surface area contributed by atoms with Gasteiger partial charge in [-0.3, -0.25) is 9.20 Å². The summed E-state index contributed by atoms with van der Waals surface area (Å²) in [5.74, 6) is 0.865. The Bertz CT molecular complexity index is 806. The Labute approximate surface area is 128 Å². The third-order valence-corrected chi connectivity index (χ3v) is 3.18. The van der Waals surface area contributed by atoms with Gasteiger partial charge in [0.15, 0.2) is 0 Å². The van der Waals surface area contributed by atoms with E-state index in [1.54, 1.807) is 33.7 Å². The number of rotatable bonds is 2. The molecule has 7 heteroatoms. The summed E-state index contributed by atoms with van der Waals surface area (Å²) < 4.78 is 3.51. The molecule has 0 aliphatic carbocycles. The maximum absolute atomic E-state index is 12.4. The fourth-order valence-corrected chi connectivity index (χ4v) is 2.22. The lowest BCUT2D eigenvalue weighted by Crippen LogP contribution is -2.26. The highest BCUT2D eigenvalue weighted by Crippen LogP contribution is 2.21. The Balaban J connectivity index is 1.91. The van der Waals surface area contributed by atoms with Crippen LogP contribution in [0.4, 0.5) is 5.82 Å². The van der Waals surface area contributed by atoms with Crippen molar-refractivity contribution in [3.8, 4) is 0 Å². The number of amides is 1. The van der Waals surface area contributed by atoms with E-state index in [4.69, 9.17) is 0 Å². The van der Waals surface area contributed by atoms with E-state index in [9.17, 15) is 4.79 Å². The normalized spacial score (nSPS) is 11.8. The molecule has 1 N–H and O–H groups in total. The quantitative estimate of drug-likeness (QED) is 0.787. The number of aryl methyl sites for hydroxylation is 1. The van der Waals surface area contributed by atoms with E-state index in [0.29, 0.717) is 17.3 Å². The number of anilines is 1. The second kappa shape index (κ2) is 4.94. The number of aromatic nitrogens is 5. The van der Waals surface area contributed by atoms with Gasteiger partial charge in [0.25, 0.3) is 5.91 Å². The summed E-state index contributed by atoms with van der Waals surface area (Å²) in [5.41, 5.74) is 0.942. The number of imidazole rings is 1. The van der Waals surface area contributed by atoms with Gasteiger partial charge in [-0.1, -0.05) is 0 Å². The number of hydrogen-bond donors (Lipinski definition) is 1. The van der Waals surface area contributed by atoms with Crippen molar-refractivity contribution in [2.75, 3.05) is 5.32 Å². The minimum absolute atomic E-state index is 0.225. The number of carbonyl (C=O) groups excluding carboxylic acids is 1. The van der Waals surface area contributed by atoms with E-state index in [2.05, 4.69) is 20.4 Å². The lowest BCUT2D eigenvalue weighted by Gasteiger charge is -2.22. The third kappa shape index (κ3) is 2.57. The van der Waals surface area contributed by atoms with Crippen LogP contribution in [0.2, 0.25) is 0 Å². The first-order chi connectivity index (χ1) is 10.3. The van der Waals surface area contributed by atoms with Crippen LogP contribution in [-0.2, 0) is 5.54 Å². The second-order valence-corrected chi connectivity index (χ2v) is 6.16. The second-order valence-electron chi connectivity index (χ2n) is 6.16. The minimum Gasteiger partial charge on any atom is -0.305 e. The molecule has 0 radical (unpaired) electrons. The zero-order valence-electron chi connectivity index (χ0n) is 13.0. The van der Waals surface area contributed by atoms with Gasteiger partial charge in [0.2, 0.25) is 5.78 Å². The molecule has 7 nitrogen and oxygen atoms in total. The summed E-state index contributed by atoms with van der Waals surface area (Å²) in [7, 11) is 0. The van der Waals surface area contributed by atoms with Crippen LogP contribution >= 0.6 is 0 Å². The summed E-state index contributed by atoms with van der Waals surface area (Å²) in [4.78, 5) is 20.7. The summed E-state index contributed by atoms with van der Waals surface area (Å²) in [6.07, 6.45) is 5.10. The van der Waals surface area contributed by atoms with Gasteiger partial charge >= 0.3 is 0 Å². The number of nitrogens with one attached hydrogen (secondary N) is 1. The van der Waals surface area contributed by atoms with Crippen molar-refractivity contribution >= 4 is 17.5 Å². The van der Waals surface area contributed by atoms with Gasteiger partial charge in [-0.15, -0.1) is 0 Å². The van der Waals surface area contributed by atoms with Crippen LogP contribution < -0.4 is 5.32 Å². The molecule has 0 atom stereocenters. The Morgan fingerprint density at radius 1 is 1.32 bits per heavy atom. The number of hydrogen-bond acceptors (Lipinski definition) is 4. The molecule has 0 aliphatic rings. The first kappa shape index (κ1) is 14.2. The zero-order valence-corrected chi connectivity index (χ0v) is 13.0. The van der Waals surface area contributed by atoms with Crippen molar-refractivity contribution in [3.63, 3.8) is 0 Å². The van der Waals surface area contributed by atoms with E-state index >= 15 is 0 Å². The summed E-state index contributed by atoms with van der Waals surface area (Å²) in [6, 6.07) is 3.63. The topological polar surface area (TPSA) is 77.1 Å². The average molecular weight is 298 g/mol. The third-order valence-electron chi connectivity index (χ3n) is 3.18. The molecule has 3 aromatic heterocycles. The molecule has 0 unspecified atom stereocenters. The largest absolute Gasteiger partial charge is 0.305 e. The Hall–Kier alpha value is -2.70. The zero-order chi connectivity index (χ0) is 15.9. The molecule has 3 heterocycles. The Morgan fingerprint density at radius 3 is 2.77 bits per heavy atom. The van der Waals surface area contributed by atoms with Crippen molar-refractivity contribution in [2.24, 2.45) is 0 Å². The highest BCUT2D eigenvalue weighted by Gasteiger charge is 2.21. The molecular formula is C15H18N6O. The van der Waals surface area contributed by atoms with Crippen molar-refractivity contribution in [3.05, 3.63) is 42.1 Å². The molecule has 0 saturated carbocycles. The fraction of sp³-hybridized carbons (Fsp3) is 0.333. The fourth-order valence-electron chi connectivity index (χ4n) is 2.22. The van der Waals surface area contributed by atoms with Crippen molar-refractivity contribution in [1.82, 2.24) is 24.1 Å².